The van der Waals surface area contributed by atoms with Crippen LogP contribution in [0.25, 0.3) is 0 Å². The molecule has 0 amide bonds. The van der Waals surface area contributed by atoms with E-state index in [1.165, 1.54) is 103 Å². The molecule has 0 unspecified atom stereocenters. The second-order valence-electron chi connectivity index (χ2n) is 13.5. The molecule has 0 spiro atoms. The topological polar surface area (TPSA) is 109 Å². The van der Waals surface area contributed by atoms with Gasteiger partial charge in [-0.3, -0.25) is 4.79 Å². The minimum Gasteiger partial charge on any atom is -0.463 e. The average molecular weight is 765 g/mol. The number of esters is 1. The summed E-state index contributed by atoms with van der Waals surface area (Å²) in [6.45, 7) is 14.5. The first-order chi connectivity index (χ1) is 26.3. The van der Waals surface area contributed by atoms with Crippen molar-refractivity contribution in [3.05, 3.63) is 0 Å². The molecule has 0 aliphatic carbocycles. The molecule has 0 rings (SSSR count). The molecule has 0 aliphatic heterocycles. The summed E-state index contributed by atoms with van der Waals surface area (Å²) in [5.41, 5.74) is 0. The average Bonchev–Trinajstić information content (AvgIpc) is 3.16. The van der Waals surface area contributed by atoms with E-state index in [0.29, 0.717) is 125 Å². The highest BCUT2D eigenvalue weighted by Crippen LogP contribution is 2.13. The zero-order valence-corrected chi connectivity index (χ0v) is 34.6. The fourth-order valence-electron chi connectivity index (χ4n) is 5.42. The van der Waals surface area contributed by atoms with E-state index in [4.69, 9.17) is 47.4 Å². The van der Waals surface area contributed by atoms with Gasteiger partial charge in [-0.25, -0.2) is 0 Å². The smallest absolute Gasteiger partial charge is 0.305 e. The van der Waals surface area contributed by atoms with Crippen molar-refractivity contribution in [1.29, 1.82) is 0 Å². The molecule has 0 aliphatic rings. The zero-order chi connectivity index (χ0) is 38.2. The van der Waals surface area contributed by atoms with Crippen molar-refractivity contribution in [3.63, 3.8) is 0 Å². The fraction of sp³-hybridized carbons (Fsp3) is 0.976. The van der Waals surface area contributed by atoms with Crippen molar-refractivity contribution in [2.75, 3.05) is 126 Å². The maximum absolute atomic E-state index is 11.9. The van der Waals surface area contributed by atoms with E-state index in [2.05, 4.69) is 13.8 Å². The van der Waals surface area contributed by atoms with Gasteiger partial charge in [0.1, 0.15) is 6.61 Å². The molecule has 0 aromatic heterocycles. The van der Waals surface area contributed by atoms with Gasteiger partial charge < -0.3 is 47.4 Å². The maximum Gasteiger partial charge on any atom is 0.305 e. The van der Waals surface area contributed by atoms with Gasteiger partial charge in [-0.05, 0) is 12.8 Å². The van der Waals surface area contributed by atoms with Crippen molar-refractivity contribution < 1.29 is 52.2 Å². The van der Waals surface area contributed by atoms with Crippen LogP contribution in [0.5, 0.6) is 0 Å². The summed E-state index contributed by atoms with van der Waals surface area (Å²) in [7, 11) is 0. The van der Waals surface area contributed by atoms with Crippen LogP contribution in [0.1, 0.15) is 142 Å². The number of hydrogen-bond donors (Lipinski definition) is 0. The summed E-state index contributed by atoms with van der Waals surface area (Å²) in [4.78, 5) is 11.9. The maximum atomic E-state index is 11.9. The standard InChI is InChI=1S/C42H84O11/c1-3-5-7-9-11-12-13-14-15-16-17-18-20-22-42(43)53-41-40-52-39-38-51-37-36-50-35-34-49-33-32-48-31-30-47-29-28-46-27-26-45-25-24-44-23-21-19-10-8-6-4-2/h3-41H2,1-2H3. The first-order valence-electron chi connectivity index (χ1n) is 21.7. The molecule has 0 radical (unpaired) electrons. The van der Waals surface area contributed by atoms with Crippen molar-refractivity contribution in [3.8, 4) is 0 Å². The third-order valence-electron chi connectivity index (χ3n) is 8.59. The van der Waals surface area contributed by atoms with Gasteiger partial charge >= 0.3 is 5.97 Å². The first kappa shape index (κ1) is 52.1. The Morgan fingerprint density at radius 1 is 0.264 bits per heavy atom. The van der Waals surface area contributed by atoms with E-state index in [1.54, 1.807) is 0 Å². The van der Waals surface area contributed by atoms with E-state index >= 15 is 0 Å². The van der Waals surface area contributed by atoms with Gasteiger partial charge in [0.05, 0.1) is 112 Å². The van der Waals surface area contributed by atoms with Crippen LogP contribution in [0.3, 0.4) is 0 Å². The van der Waals surface area contributed by atoms with Gasteiger partial charge in [0.15, 0.2) is 0 Å². The lowest BCUT2D eigenvalue weighted by Crippen LogP contribution is -2.15. The summed E-state index contributed by atoms with van der Waals surface area (Å²) in [5.74, 6) is -0.128. The van der Waals surface area contributed by atoms with Crippen molar-refractivity contribution >= 4 is 5.97 Å². The Labute approximate surface area is 325 Å². The van der Waals surface area contributed by atoms with Crippen LogP contribution >= 0.6 is 0 Å². The van der Waals surface area contributed by atoms with Gasteiger partial charge in [-0.1, -0.05) is 123 Å². The van der Waals surface area contributed by atoms with Crippen LogP contribution in [0, 0.1) is 0 Å². The van der Waals surface area contributed by atoms with Crippen molar-refractivity contribution in [1.82, 2.24) is 0 Å². The molecule has 11 heteroatoms. The number of rotatable bonds is 48. The summed E-state index contributed by atoms with van der Waals surface area (Å²) in [6, 6.07) is 0. The minimum absolute atomic E-state index is 0.128. The second kappa shape index (κ2) is 49.1. The van der Waals surface area contributed by atoms with Crippen molar-refractivity contribution in [2.24, 2.45) is 0 Å². The molecule has 11 nitrogen and oxygen atoms in total. The molecule has 0 atom stereocenters. The fourth-order valence-corrected chi connectivity index (χ4v) is 5.42. The monoisotopic (exact) mass is 765 g/mol. The SMILES string of the molecule is CCCCCCCCCCCCCCCC(=O)OCCOCCOCCOCCOCCOCCOCCOCCOCCOCCCCCCCC. The summed E-state index contributed by atoms with van der Waals surface area (Å²) in [5, 5.41) is 0. The number of carbonyl (C=O) groups is 1. The lowest BCUT2D eigenvalue weighted by molar-refractivity contribution is -0.145. The Morgan fingerprint density at radius 2 is 0.491 bits per heavy atom. The van der Waals surface area contributed by atoms with E-state index in [9.17, 15) is 4.79 Å². The summed E-state index contributed by atoms with van der Waals surface area (Å²) >= 11 is 0. The van der Waals surface area contributed by atoms with E-state index in [1.807, 2.05) is 0 Å². The van der Waals surface area contributed by atoms with Crippen LogP contribution in [-0.2, 0) is 52.2 Å². The minimum atomic E-state index is -0.128. The van der Waals surface area contributed by atoms with Gasteiger partial charge in [0, 0.05) is 13.0 Å². The van der Waals surface area contributed by atoms with Crippen LogP contribution < -0.4 is 0 Å². The Morgan fingerprint density at radius 3 is 0.792 bits per heavy atom. The van der Waals surface area contributed by atoms with Crippen LogP contribution in [-0.4, -0.2) is 132 Å². The van der Waals surface area contributed by atoms with Crippen LogP contribution in [0.2, 0.25) is 0 Å². The van der Waals surface area contributed by atoms with Gasteiger partial charge in [0.25, 0.3) is 0 Å². The molecule has 318 valence electrons. The van der Waals surface area contributed by atoms with Crippen LogP contribution in [0.4, 0.5) is 0 Å². The first-order valence-corrected chi connectivity index (χ1v) is 21.7. The van der Waals surface area contributed by atoms with E-state index in [-0.39, 0.29) is 5.97 Å². The molecular formula is C42H84O11. The molecule has 0 saturated heterocycles. The predicted molar refractivity (Wildman–Crippen MR) is 212 cm³/mol. The van der Waals surface area contributed by atoms with Gasteiger partial charge in [-0.2, -0.15) is 0 Å². The van der Waals surface area contributed by atoms with E-state index in [0.717, 1.165) is 25.9 Å². The molecule has 0 N–H and O–H groups in total. The molecule has 0 aromatic carbocycles. The molecular weight excluding hydrogens is 680 g/mol. The lowest BCUT2D eigenvalue weighted by Gasteiger charge is -2.09. The second-order valence-corrected chi connectivity index (χ2v) is 13.5. The number of ether oxygens (including phenoxy) is 10. The van der Waals surface area contributed by atoms with Crippen molar-refractivity contribution in [2.45, 2.75) is 142 Å². The van der Waals surface area contributed by atoms with E-state index < -0.39 is 0 Å². The molecule has 53 heavy (non-hydrogen) atoms. The zero-order valence-electron chi connectivity index (χ0n) is 34.6. The van der Waals surface area contributed by atoms with Crippen LogP contribution in [0.15, 0.2) is 0 Å². The molecule has 0 bridgehead atoms. The highest BCUT2D eigenvalue weighted by Gasteiger charge is 2.03. The highest BCUT2D eigenvalue weighted by atomic mass is 16.6. The highest BCUT2D eigenvalue weighted by molar-refractivity contribution is 5.69. The lowest BCUT2D eigenvalue weighted by atomic mass is 10.0. The third-order valence-corrected chi connectivity index (χ3v) is 8.59. The molecule has 0 fully saturated rings. The Hall–Kier alpha value is -0.890. The Kier molecular flexibility index (Phi) is 48.3. The molecule has 0 heterocycles. The normalized spacial score (nSPS) is 11.5. The quantitative estimate of drug-likeness (QED) is 0.0440. The third kappa shape index (κ3) is 49.1. The Bertz CT molecular complexity index is 671. The molecule has 0 aromatic rings. The number of unbranched alkanes of at least 4 members (excludes halogenated alkanes) is 17. The summed E-state index contributed by atoms with van der Waals surface area (Å²) < 4.78 is 54.9. The largest absolute Gasteiger partial charge is 0.463 e. The van der Waals surface area contributed by atoms with Gasteiger partial charge in [0.2, 0.25) is 0 Å². The number of hydrogen-bond acceptors (Lipinski definition) is 11. The number of carbonyl (C=O) groups excluding carboxylic acids is 1. The summed E-state index contributed by atoms with van der Waals surface area (Å²) in [6.07, 6.45) is 25.0. The van der Waals surface area contributed by atoms with Gasteiger partial charge in [-0.15, -0.1) is 0 Å². The predicted octanol–water partition coefficient (Wildman–Crippen LogP) is 8.52. The Balaban J connectivity index is 3.12. The molecule has 0 saturated carbocycles.